The Morgan fingerprint density at radius 2 is 1.38 bits per heavy atom. The number of rotatable bonds is 5. The van der Waals surface area contributed by atoms with Crippen LogP contribution < -0.4 is 0 Å². The number of nitrogens with zero attached hydrogens (tertiary/aromatic N) is 1. The minimum absolute atomic E-state index is 0.170. The molecule has 4 heteroatoms. The van der Waals surface area contributed by atoms with Gasteiger partial charge in [-0.15, -0.1) is 0 Å². The van der Waals surface area contributed by atoms with Crippen molar-refractivity contribution in [3.63, 3.8) is 0 Å². The van der Waals surface area contributed by atoms with Crippen LogP contribution in [-0.2, 0) is 5.75 Å². The largest absolute Gasteiger partial charge is 0.274 e. The van der Waals surface area contributed by atoms with Gasteiger partial charge in [0.05, 0.1) is 11.1 Å². The molecule has 0 saturated heterocycles. The first kappa shape index (κ1) is 13.9. The minimum atomic E-state index is -0.170. The molecular formula is C17H15NO2S. The maximum atomic E-state index is 12.2. The molecule has 0 aliphatic carbocycles. The Hall–Kier alpha value is -2.07. The molecule has 0 N–H and O–H groups in total. The molecule has 0 bridgehead atoms. The van der Waals surface area contributed by atoms with Crippen LogP contribution in [0.15, 0.2) is 54.6 Å². The molecule has 1 heterocycles. The average molecular weight is 297 g/mol. The summed E-state index contributed by atoms with van der Waals surface area (Å²) in [5, 5.41) is 0. The molecule has 3 rings (SSSR count). The molecule has 0 atom stereocenters. The number of imide groups is 1. The molecule has 2 amide bonds. The van der Waals surface area contributed by atoms with E-state index < -0.39 is 0 Å². The molecule has 106 valence electrons. The van der Waals surface area contributed by atoms with E-state index in [1.165, 1.54) is 10.5 Å². The number of benzene rings is 2. The van der Waals surface area contributed by atoms with Crippen LogP contribution in [0.25, 0.3) is 0 Å². The van der Waals surface area contributed by atoms with Crippen molar-refractivity contribution in [3.05, 3.63) is 71.3 Å². The molecule has 0 saturated carbocycles. The van der Waals surface area contributed by atoms with Crippen molar-refractivity contribution >= 4 is 23.6 Å². The summed E-state index contributed by atoms with van der Waals surface area (Å²) in [5.41, 5.74) is 2.30. The van der Waals surface area contributed by atoms with Gasteiger partial charge in [-0.2, -0.15) is 11.8 Å². The first-order valence-electron chi connectivity index (χ1n) is 6.84. The molecule has 2 aromatic rings. The van der Waals surface area contributed by atoms with E-state index in [2.05, 4.69) is 12.1 Å². The summed E-state index contributed by atoms with van der Waals surface area (Å²) in [4.78, 5) is 25.7. The zero-order chi connectivity index (χ0) is 14.7. The Morgan fingerprint density at radius 1 is 0.810 bits per heavy atom. The molecule has 0 aromatic heterocycles. The lowest BCUT2D eigenvalue weighted by atomic mass is 10.1. The number of fused-ring (bicyclic) bond motifs is 1. The van der Waals surface area contributed by atoms with Crippen LogP contribution in [0, 0.1) is 0 Å². The molecule has 2 aromatic carbocycles. The van der Waals surface area contributed by atoms with Gasteiger partial charge in [-0.05, 0) is 17.7 Å². The second kappa shape index (κ2) is 6.14. The second-order valence-corrected chi connectivity index (χ2v) is 5.95. The van der Waals surface area contributed by atoms with Crippen LogP contribution >= 0.6 is 11.8 Å². The Morgan fingerprint density at radius 3 is 2.00 bits per heavy atom. The predicted molar refractivity (Wildman–Crippen MR) is 84.4 cm³/mol. The molecule has 1 aliphatic rings. The number of carbonyl (C=O) groups excluding carboxylic acids is 2. The summed E-state index contributed by atoms with van der Waals surface area (Å²) < 4.78 is 0. The van der Waals surface area contributed by atoms with E-state index in [-0.39, 0.29) is 11.8 Å². The molecule has 0 radical (unpaired) electrons. The Balaban J connectivity index is 1.55. The molecule has 0 fully saturated rings. The average Bonchev–Trinajstić information content (AvgIpc) is 2.77. The van der Waals surface area contributed by atoms with Crippen molar-refractivity contribution in [1.82, 2.24) is 4.90 Å². The smallest absolute Gasteiger partial charge is 0.261 e. The molecular weight excluding hydrogens is 282 g/mol. The van der Waals surface area contributed by atoms with Gasteiger partial charge in [0.2, 0.25) is 0 Å². The fourth-order valence-electron chi connectivity index (χ4n) is 2.36. The van der Waals surface area contributed by atoms with Crippen molar-refractivity contribution in [2.24, 2.45) is 0 Å². The van der Waals surface area contributed by atoms with Crippen LogP contribution in [0.4, 0.5) is 0 Å². The Bertz CT molecular complexity index is 635. The second-order valence-electron chi connectivity index (χ2n) is 4.85. The molecule has 0 spiro atoms. The van der Waals surface area contributed by atoms with Crippen molar-refractivity contribution in [2.75, 3.05) is 12.3 Å². The van der Waals surface area contributed by atoms with Gasteiger partial charge in [-0.3, -0.25) is 14.5 Å². The number of amides is 2. The molecule has 3 nitrogen and oxygen atoms in total. The van der Waals surface area contributed by atoms with Crippen LogP contribution in [-0.4, -0.2) is 29.0 Å². The van der Waals surface area contributed by atoms with Gasteiger partial charge in [0.25, 0.3) is 11.8 Å². The maximum Gasteiger partial charge on any atom is 0.261 e. The van der Waals surface area contributed by atoms with E-state index in [9.17, 15) is 9.59 Å². The van der Waals surface area contributed by atoms with Gasteiger partial charge >= 0.3 is 0 Å². The normalized spacial score (nSPS) is 13.6. The number of hydrogen-bond acceptors (Lipinski definition) is 3. The van der Waals surface area contributed by atoms with E-state index >= 15 is 0 Å². The zero-order valence-corrected chi connectivity index (χ0v) is 12.3. The van der Waals surface area contributed by atoms with E-state index in [0.29, 0.717) is 17.7 Å². The van der Waals surface area contributed by atoms with Crippen LogP contribution in [0.5, 0.6) is 0 Å². The van der Waals surface area contributed by atoms with Crippen molar-refractivity contribution in [3.8, 4) is 0 Å². The topological polar surface area (TPSA) is 37.4 Å². The fourth-order valence-corrected chi connectivity index (χ4v) is 3.25. The van der Waals surface area contributed by atoms with Crippen LogP contribution in [0.1, 0.15) is 26.3 Å². The highest BCUT2D eigenvalue weighted by Crippen LogP contribution is 2.23. The quantitative estimate of drug-likeness (QED) is 0.628. The standard InChI is InChI=1S/C17H15NO2S/c19-16-14-8-4-5-9-15(14)17(20)18(16)10-11-21-12-13-6-2-1-3-7-13/h1-9H,10-12H2. The third-order valence-corrected chi connectivity index (χ3v) is 4.46. The highest BCUT2D eigenvalue weighted by molar-refractivity contribution is 7.98. The van der Waals surface area contributed by atoms with Crippen LogP contribution in [0.2, 0.25) is 0 Å². The lowest BCUT2D eigenvalue weighted by molar-refractivity contribution is 0.0664. The lowest BCUT2D eigenvalue weighted by Crippen LogP contribution is -2.31. The fraction of sp³-hybridized carbons (Fsp3) is 0.176. The summed E-state index contributed by atoms with van der Waals surface area (Å²) >= 11 is 1.73. The maximum absolute atomic E-state index is 12.2. The molecule has 21 heavy (non-hydrogen) atoms. The van der Waals surface area contributed by atoms with Gasteiger partial charge in [0.15, 0.2) is 0 Å². The monoisotopic (exact) mass is 297 g/mol. The highest BCUT2D eigenvalue weighted by Gasteiger charge is 2.34. The lowest BCUT2D eigenvalue weighted by Gasteiger charge is -2.13. The number of carbonyl (C=O) groups is 2. The third kappa shape index (κ3) is 2.85. The van der Waals surface area contributed by atoms with Crippen molar-refractivity contribution in [1.29, 1.82) is 0 Å². The van der Waals surface area contributed by atoms with E-state index in [0.717, 1.165) is 11.5 Å². The Labute approximate surface area is 128 Å². The summed E-state index contributed by atoms with van der Waals surface area (Å²) in [5.74, 6) is 1.30. The SMILES string of the molecule is O=C1c2ccccc2C(=O)N1CCSCc1ccccc1. The van der Waals surface area contributed by atoms with E-state index in [1.807, 2.05) is 18.2 Å². The van der Waals surface area contributed by atoms with Gasteiger partial charge in [0.1, 0.15) is 0 Å². The number of thioether (sulfide) groups is 1. The summed E-state index contributed by atoms with van der Waals surface area (Å²) in [7, 11) is 0. The summed E-state index contributed by atoms with van der Waals surface area (Å²) in [6.45, 7) is 0.462. The highest BCUT2D eigenvalue weighted by atomic mass is 32.2. The van der Waals surface area contributed by atoms with Gasteiger partial charge < -0.3 is 0 Å². The van der Waals surface area contributed by atoms with E-state index in [4.69, 9.17) is 0 Å². The van der Waals surface area contributed by atoms with E-state index in [1.54, 1.807) is 36.0 Å². The zero-order valence-electron chi connectivity index (χ0n) is 11.5. The first-order chi connectivity index (χ1) is 10.3. The van der Waals surface area contributed by atoms with Crippen LogP contribution in [0.3, 0.4) is 0 Å². The molecule has 1 aliphatic heterocycles. The van der Waals surface area contributed by atoms with Crippen molar-refractivity contribution < 1.29 is 9.59 Å². The minimum Gasteiger partial charge on any atom is -0.274 e. The summed E-state index contributed by atoms with van der Waals surface area (Å²) in [6, 6.07) is 17.2. The number of hydrogen-bond donors (Lipinski definition) is 0. The van der Waals surface area contributed by atoms with Crippen molar-refractivity contribution in [2.45, 2.75) is 5.75 Å². The molecule has 0 unspecified atom stereocenters. The third-order valence-electron chi connectivity index (χ3n) is 3.45. The Kier molecular flexibility index (Phi) is 4.06. The first-order valence-corrected chi connectivity index (χ1v) is 8.00. The summed E-state index contributed by atoms with van der Waals surface area (Å²) in [6.07, 6.45) is 0. The predicted octanol–water partition coefficient (Wildman–Crippen LogP) is 3.22. The van der Waals surface area contributed by atoms with Gasteiger partial charge in [0, 0.05) is 18.1 Å². The van der Waals surface area contributed by atoms with Gasteiger partial charge in [-0.1, -0.05) is 42.5 Å². The van der Waals surface area contributed by atoms with Gasteiger partial charge in [-0.25, -0.2) is 0 Å².